The van der Waals surface area contributed by atoms with Crippen molar-refractivity contribution in [2.75, 3.05) is 13.7 Å². The van der Waals surface area contributed by atoms with E-state index >= 15 is 0 Å². The topological polar surface area (TPSA) is 36.4 Å². The molecule has 1 rings (SSSR count). The van der Waals surface area contributed by atoms with Gasteiger partial charge in [-0.25, -0.2) is 0 Å². The molecule has 0 saturated carbocycles. The van der Waals surface area contributed by atoms with Crippen molar-refractivity contribution < 1.29 is 5.11 Å². The van der Waals surface area contributed by atoms with E-state index in [4.69, 9.17) is 5.11 Å². The number of aliphatic hydroxyl groups is 1. The molecule has 1 aromatic rings. The Hall–Kier alpha value is -0.450. The second-order valence-electron chi connectivity index (χ2n) is 3.46. The standard InChI is InChI=1S/C10H15BrN2O/c1-8(7-14)13(2)6-9-3-10(11)5-12-4-9/h3-5,8,14H,6-7H2,1-2H3. The first-order valence-corrected chi connectivity index (χ1v) is 5.33. The number of halogens is 1. The Kier molecular flexibility index (Phi) is 4.51. The normalized spacial score (nSPS) is 13.2. The maximum absolute atomic E-state index is 8.97. The van der Waals surface area contributed by atoms with Gasteiger partial charge in [-0.2, -0.15) is 0 Å². The first-order valence-electron chi connectivity index (χ1n) is 4.54. The van der Waals surface area contributed by atoms with E-state index in [0.29, 0.717) is 0 Å². The Morgan fingerprint density at radius 2 is 2.29 bits per heavy atom. The van der Waals surface area contributed by atoms with Crippen molar-refractivity contribution >= 4 is 15.9 Å². The van der Waals surface area contributed by atoms with Crippen molar-refractivity contribution in [1.82, 2.24) is 9.88 Å². The summed E-state index contributed by atoms with van der Waals surface area (Å²) in [6.07, 6.45) is 3.60. The van der Waals surface area contributed by atoms with Crippen LogP contribution in [0.5, 0.6) is 0 Å². The first kappa shape index (κ1) is 11.6. The van der Waals surface area contributed by atoms with Crippen LogP contribution in [0.15, 0.2) is 22.9 Å². The molecule has 1 unspecified atom stereocenters. The van der Waals surface area contributed by atoms with Crippen LogP contribution in [0.4, 0.5) is 0 Å². The van der Waals surface area contributed by atoms with Gasteiger partial charge in [-0.1, -0.05) is 0 Å². The molecule has 78 valence electrons. The SMILES string of the molecule is CC(CO)N(C)Cc1cncc(Br)c1. The first-order chi connectivity index (χ1) is 6.63. The summed E-state index contributed by atoms with van der Waals surface area (Å²) in [5, 5.41) is 8.97. The number of nitrogens with zero attached hydrogens (tertiary/aromatic N) is 2. The highest BCUT2D eigenvalue weighted by atomic mass is 79.9. The van der Waals surface area contributed by atoms with Crippen LogP contribution < -0.4 is 0 Å². The quantitative estimate of drug-likeness (QED) is 0.893. The van der Waals surface area contributed by atoms with E-state index in [0.717, 1.165) is 16.6 Å². The van der Waals surface area contributed by atoms with Crippen LogP contribution in [0.1, 0.15) is 12.5 Å². The second-order valence-corrected chi connectivity index (χ2v) is 4.37. The molecule has 0 amide bonds. The van der Waals surface area contributed by atoms with Gasteiger partial charge in [0.25, 0.3) is 0 Å². The average molecular weight is 259 g/mol. The Morgan fingerprint density at radius 3 is 2.86 bits per heavy atom. The van der Waals surface area contributed by atoms with Crippen molar-refractivity contribution in [2.45, 2.75) is 19.5 Å². The molecule has 0 spiro atoms. The molecule has 0 radical (unpaired) electrons. The Morgan fingerprint density at radius 1 is 1.57 bits per heavy atom. The summed E-state index contributed by atoms with van der Waals surface area (Å²) in [6, 6.07) is 2.21. The molecule has 0 aromatic carbocycles. The van der Waals surface area contributed by atoms with E-state index in [1.165, 1.54) is 0 Å². The maximum atomic E-state index is 8.97. The minimum atomic E-state index is 0.175. The van der Waals surface area contributed by atoms with Crippen LogP contribution >= 0.6 is 15.9 Å². The van der Waals surface area contributed by atoms with Gasteiger partial charge in [0.05, 0.1) is 6.61 Å². The van der Waals surface area contributed by atoms with Crippen LogP contribution in [0.25, 0.3) is 0 Å². The van der Waals surface area contributed by atoms with Crippen molar-refractivity contribution in [3.8, 4) is 0 Å². The smallest absolute Gasteiger partial charge is 0.0584 e. The molecule has 4 heteroatoms. The highest BCUT2D eigenvalue weighted by Crippen LogP contribution is 2.11. The Balaban J connectivity index is 2.60. The lowest BCUT2D eigenvalue weighted by atomic mass is 10.2. The zero-order valence-electron chi connectivity index (χ0n) is 8.44. The van der Waals surface area contributed by atoms with E-state index < -0.39 is 0 Å². The van der Waals surface area contributed by atoms with Crippen LogP contribution in [0.2, 0.25) is 0 Å². The number of aliphatic hydroxyl groups excluding tert-OH is 1. The fourth-order valence-electron chi connectivity index (χ4n) is 1.13. The molecule has 0 bridgehead atoms. The molecule has 0 saturated heterocycles. The maximum Gasteiger partial charge on any atom is 0.0584 e. The lowest BCUT2D eigenvalue weighted by Gasteiger charge is -2.22. The van der Waals surface area contributed by atoms with Gasteiger partial charge < -0.3 is 5.11 Å². The van der Waals surface area contributed by atoms with Crippen LogP contribution in [-0.2, 0) is 6.54 Å². The molecule has 1 atom stereocenters. The summed E-state index contributed by atoms with van der Waals surface area (Å²) in [7, 11) is 1.99. The van der Waals surface area contributed by atoms with Crippen LogP contribution in [0, 0.1) is 0 Å². The number of pyridine rings is 1. The predicted octanol–water partition coefficient (Wildman–Crippen LogP) is 1.66. The summed E-state index contributed by atoms with van der Waals surface area (Å²) in [5.74, 6) is 0. The van der Waals surface area contributed by atoms with Gasteiger partial charge in [0.2, 0.25) is 0 Å². The van der Waals surface area contributed by atoms with E-state index in [-0.39, 0.29) is 12.6 Å². The van der Waals surface area contributed by atoms with Gasteiger partial charge in [0.1, 0.15) is 0 Å². The molecular formula is C10H15BrN2O. The highest BCUT2D eigenvalue weighted by Gasteiger charge is 2.08. The van der Waals surface area contributed by atoms with Gasteiger partial charge in [-0.05, 0) is 41.5 Å². The van der Waals surface area contributed by atoms with Crippen LogP contribution in [0.3, 0.4) is 0 Å². The van der Waals surface area contributed by atoms with Crippen molar-refractivity contribution in [1.29, 1.82) is 0 Å². The van der Waals surface area contributed by atoms with Gasteiger partial charge in [0.15, 0.2) is 0 Å². The zero-order chi connectivity index (χ0) is 10.6. The molecule has 0 aliphatic rings. The molecule has 0 fully saturated rings. The lowest BCUT2D eigenvalue weighted by molar-refractivity contribution is 0.154. The minimum Gasteiger partial charge on any atom is -0.395 e. The third-order valence-electron chi connectivity index (χ3n) is 2.21. The molecule has 1 aromatic heterocycles. The fraction of sp³-hybridized carbons (Fsp3) is 0.500. The van der Waals surface area contributed by atoms with Gasteiger partial charge >= 0.3 is 0 Å². The number of rotatable bonds is 4. The van der Waals surface area contributed by atoms with Gasteiger partial charge in [-0.15, -0.1) is 0 Å². The fourth-order valence-corrected chi connectivity index (χ4v) is 1.54. The molecule has 0 aliphatic carbocycles. The Bertz CT molecular complexity index is 293. The zero-order valence-corrected chi connectivity index (χ0v) is 10.0. The third-order valence-corrected chi connectivity index (χ3v) is 2.64. The number of hydrogen-bond donors (Lipinski definition) is 1. The van der Waals surface area contributed by atoms with Gasteiger partial charge in [-0.3, -0.25) is 9.88 Å². The summed E-state index contributed by atoms with van der Waals surface area (Å²) >= 11 is 3.38. The van der Waals surface area contributed by atoms with Crippen molar-refractivity contribution in [3.05, 3.63) is 28.5 Å². The summed E-state index contributed by atoms with van der Waals surface area (Å²) in [5.41, 5.74) is 1.14. The Labute approximate surface area is 92.9 Å². The summed E-state index contributed by atoms with van der Waals surface area (Å²) in [6.45, 7) is 2.97. The third kappa shape index (κ3) is 3.36. The molecule has 1 N–H and O–H groups in total. The number of hydrogen-bond acceptors (Lipinski definition) is 3. The number of aromatic nitrogens is 1. The van der Waals surface area contributed by atoms with E-state index in [1.807, 2.05) is 26.2 Å². The summed E-state index contributed by atoms with van der Waals surface area (Å²) in [4.78, 5) is 6.17. The van der Waals surface area contributed by atoms with E-state index in [9.17, 15) is 0 Å². The molecule has 14 heavy (non-hydrogen) atoms. The molecular weight excluding hydrogens is 244 g/mol. The van der Waals surface area contributed by atoms with Crippen LogP contribution in [-0.4, -0.2) is 34.7 Å². The monoisotopic (exact) mass is 258 g/mol. The predicted molar refractivity (Wildman–Crippen MR) is 60.0 cm³/mol. The molecule has 3 nitrogen and oxygen atoms in total. The second kappa shape index (κ2) is 5.44. The molecule has 1 heterocycles. The largest absolute Gasteiger partial charge is 0.395 e. The number of likely N-dealkylation sites (N-methyl/N-ethyl adjacent to an activating group) is 1. The average Bonchev–Trinajstić information content (AvgIpc) is 2.16. The highest BCUT2D eigenvalue weighted by molar-refractivity contribution is 9.10. The van der Waals surface area contributed by atoms with E-state index in [2.05, 4.69) is 25.8 Å². The van der Waals surface area contributed by atoms with Crippen molar-refractivity contribution in [3.63, 3.8) is 0 Å². The van der Waals surface area contributed by atoms with Crippen molar-refractivity contribution in [2.24, 2.45) is 0 Å². The van der Waals surface area contributed by atoms with E-state index in [1.54, 1.807) is 6.20 Å². The van der Waals surface area contributed by atoms with Gasteiger partial charge in [0, 0.05) is 29.5 Å². The lowest BCUT2D eigenvalue weighted by Crippen LogP contribution is -2.31. The molecule has 0 aliphatic heterocycles. The minimum absolute atomic E-state index is 0.175. The summed E-state index contributed by atoms with van der Waals surface area (Å²) < 4.78 is 0.986.